The van der Waals surface area contributed by atoms with Gasteiger partial charge in [0.25, 0.3) is 0 Å². The van der Waals surface area contributed by atoms with E-state index >= 15 is 0 Å². The Hall–Kier alpha value is -0.570. The second-order valence-electron chi connectivity index (χ2n) is 7.30. The maximum Gasteiger partial charge on any atom is 0.243 e. The number of amides is 1. The van der Waals surface area contributed by atoms with E-state index in [1.807, 2.05) is 0 Å². The molecule has 1 rings (SSSR count). The van der Waals surface area contributed by atoms with Crippen molar-refractivity contribution in [3.05, 3.63) is 0 Å². The monoisotopic (exact) mass is 467 g/mol. The van der Waals surface area contributed by atoms with Gasteiger partial charge in [-0.2, -0.15) is 0 Å². The van der Waals surface area contributed by atoms with Crippen molar-refractivity contribution in [2.24, 2.45) is 10.9 Å². The summed E-state index contributed by atoms with van der Waals surface area (Å²) in [6.45, 7) is 11.0. The predicted molar refractivity (Wildman–Crippen MR) is 117 cm³/mol. The van der Waals surface area contributed by atoms with Gasteiger partial charge >= 0.3 is 0 Å². The van der Waals surface area contributed by atoms with Crippen molar-refractivity contribution in [1.29, 1.82) is 0 Å². The maximum atomic E-state index is 11.8. The largest absolute Gasteiger partial charge is 0.356 e. The Kier molecular flexibility index (Phi) is 13.3. The summed E-state index contributed by atoms with van der Waals surface area (Å²) in [5, 5.41) is 6.79. The molecule has 148 valence electrons. The Balaban J connectivity index is 0.00000576. The first kappa shape index (κ1) is 24.4. The van der Waals surface area contributed by atoms with Gasteiger partial charge in [0, 0.05) is 39.8 Å². The van der Waals surface area contributed by atoms with Gasteiger partial charge in [0.1, 0.15) is 6.54 Å². The number of carbonyl (C=O) groups excluding carboxylic acids is 1. The molecule has 2 N–H and O–H groups in total. The van der Waals surface area contributed by atoms with E-state index in [0.29, 0.717) is 12.0 Å². The molecule has 1 fully saturated rings. The zero-order chi connectivity index (χ0) is 17.9. The van der Waals surface area contributed by atoms with Crippen molar-refractivity contribution < 1.29 is 4.79 Å². The molecule has 0 saturated carbocycles. The van der Waals surface area contributed by atoms with Crippen LogP contribution in [-0.4, -0.2) is 74.5 Å². The lowest BCUT2D eigenvalue weighted by atomic mass is 10.1. The first-order valence-corrected chi connectivity index (χ1v) is 9.40. The fourth-order valence-corrected chi connectivity index (χ4v) is 2.90. The van der Waals surface area contributed by atoms with Crippen LogP contribution in [-0.2, 0) is 4.79 Å². The van der Waals surface area contributed by atoms with E-state index in [1.54, 1.807) is 19.0 Å². The number of carbonyl (C=O) groups is 1. The number of likely N-dealkylation sites (N-methyl/N-ethyl adjacent to an activating group) is 1. The standard InChI is InChI=1S/C18H37N5O.HI/c1-6-7-10-19-18(21-13-17(24)22(4)5)20-12-16-9-8-11-23(16)14-15(2)3;/h15-16H,6-14H2,1-5H3,(H2,19,20,21);1H/t16-;/m1./s1. The summed E-state index contributed by atoms with van der Waals surface area (Å²) < 4.78 is 0. The topological polar surface area (TPSA) is 60.0 Å². The molecule has 6 nitrogen and oxygen atoms in total. The number of aliphatic imine (C=N–C) groups is 1. The highest BCUT2D eigenvalue weighted by molar-refractivity contribution is 14.0. The Labute approximate surface area is 171 Å². The van der Waals surface area contributed by atoms with Gasteiger partial charge in [-0.25, -0.2) is 4.99 Å². The third-order valence-electron chi connectivity index (χ3n) is 4.30. The summed E-state index contributed by atoms with van der Waals surface area (Å²) in [5.41, 5.74) is 0. The molecule has 0 bridgehead atoms. The van der Waals surface area contributed by atoms with E-state index in [2.05, 4.69) is 41.3 Å². The maximum absolute atomic E-state index is 11.8. The van der Waals surface area contributed by atoms with E-state index in [0.717, 1.165) is 38.4 Å². The van der Waals surface area contributed by atoms with Crippen LogP contribution >= 0.6 is 24.0 Å². The zero-order valence-electron chi connectivity index (χ0n) is 16.7. The lowest BCUT2D eigenvalue weighted by Gasteiger charge is -2.27. The van der Waals surface area contributed by atoms with Gasteiger partial charge in [-0.05, 0) is 31.7 Å². The number of halogens is 1. The van der Waals surface area contributed by atoms with Crippen LogP contribution < -0.4 is 10.6 Å². The molecule has 1 saturated heterocycles. The van der Waals surface area contributed by atoms with Crippen LogP contribution in [0.1, 0.15) is 46.5 Å². The van der Waals surface area contributed by atoms with Gasteiger partial charge in [0.2, 0.25) is 5.91 Å². The van der Waals surface area contributed by atoms with Gasteiger partial charge in [0.05, 0.1) is 0 Å². The van der Waals surface area contributed by atoms with Crippen molar-refractivity contribution in [3.8, 4) is 0 Å². The first-order valence-electron chi connectivity index (χ1n) is 9.40. The summed E-state index contributed by atoms with van der Waals surface area (Å²) >= 11 is 0. The molecule has 1 aliphatic heterocycles. The van der Waals surface area contributed by atoms with Crippen LogP contribution in [0.5, 0.6) is 0 Å². The number of rotatable bonds is 9. The molecule has 0 aromatic heterocycles. The van der Waals surface area contributed by atoms with Gasteiger partial charge in [-0.1, -0.05) is 27.2 Å². The van der Waals surface area contributed by atoms with Crippen molar-refractivity contribution in [1.82, 2.24) is 20.4 Å². The molecule has 0 unspecified atom stereocenters. The molecule has 1 heterocycles. The summed E-state index contributed by atoms with van der Waals surface area (Å²) in [4.78, 5) is 20.4. The normalized spacial score (nSPS) is 18.2. The lowest BCUT2D eigenvalue weighted by molar-refractivity contribution is -0.127. The van der Waals surface area contributed by atoms with Crippen molar-refractivity contribution in [3.63, 3.8) is 0 Å². The quantitative estimate of drug-likeness (QED) is 0.236. The Morgan fingerprint density at radius 1 is 1.32 bits per heavy atom. The molecular formula is C18H38IN5O. The second kappa shape index (κ2) is 13.6. The van der Waals surface area contributed by atoms with Crippen LogP contribution in [0.3, 0.4) is 0 Å². The van der Waals surface area contributed by atoms with E-state index in [4.69, 9.17) is 0 Å². The lowest BCUT2D eigenvalue weighted by Crippen LogP contribution is -2.46. The molecular weight excluding hydrogens is 429 g/mol. The van der Waals surface area contributed by atoms with E-state index in [1.165, 1.54) is 19.4 Å². The predicted octanol–water partition coefficient (Wildman–Crippen LogP) is 2.15. The van der Waals surface area contributed by atoms with E-state index in [-0.39, 0.29) is 36.4 Å². The number of unbranched alkanes of at least 4 members (excludes halogenated alkanes) is 1. The molecule has 0 aromatic carbocycles. The molecule has 0 spiro atoms. The van der Waals surface area contributed by atoms with E-state index in [9.17, 15) is 4.79 Å². The average molecular weight is 467 g/mol. The Bertz CT molecular complexity index is 401. The number of likely N-dealkylation sites (tertiary alicyclic amines) is 1. The highest BCUT2D eigenvalue weighted by atomic mass is 127. The zero-order valence-corrected chi connectivity index (χ0v) is 19.0. The number of nitrogens with zero attached hydrogens (tertiary/aromatic N) is 3. The van der Waals surface area contributed by atoms with Crippen LogP contribution in [0.2, 0.25) is 0 Å². The Morgan fingerprint density at radius 3 is 2.64 bits per heavy atom. The SMILES string of the molecule is CCCCNC(=NCC(=O)N(C)C)NC[C@H]1CCCN1CC(C)C.I. The average Bonchev–Trinajstić information content (AvgIpc) is 2.95. The van der Waals surface area contributed by atoms with Gasteiger partial charge in [-0.3, -0.25) is 9.69 Å². The van der Waals surface area contributed by atoms with Gasteiger partial charge < -0.3 is 15.5 Å². The van der Waals surface area contributed by atoms with Gasteiger partial charge in [0.15, 0.2) is 5.96 Å². The molecule has 1 aliphatic rings. The van der Waals surface area contributed by atoms with Crippen molar-refractivity contribution >= 4 is 35.8 Å². The highest BCUT2D eigenvalue weighted by Gasteiger charge is 2.24. The van der Waals surface area contributed by atoms with Gasteiger partial charge in [-0.15, -0.1) is 24.0 Å². The summed E-state index contributed by atoms with van der Waals surface area (Å²) in [5.74, 6) is 1.48. The number of hydrogen-bond acceptors (Lipinski definition) is 3. The Morgan fingerprint density at radius 2 is 2.04 bits per heavy atom. The number of hydrogen-bond donors (Lipinski definition) is 2. The van der Waals surface area contributed by atoms with Crippen LogP contribution in [0, 0.1) is 5.92 Å². The summed E-state index contributed by atoms with van der Waals surface area (Å²) in [6, 6.07) is 0.565. The molecule has 0 aromatic rings. The smallest absolute Gasteiger partial charge is 0.243 e. The number of guanidine groups is 1. The third kappa shape index (κ3) is 10.2. The van der Waals surface area contributed by atoms with Crippen LogP contribution in [0.4, 0.5) is 0 Å². The molecule has 25 heavy (non-hydrogen) atoms. The molecule has 1 amide bonds. The summed E-state index contributed by atoms with van der Waals surface area (Å²) in [6.07, 6.45) is 4.75. The highest BCUT2D eigenvalue weighted by Crippen LogP contribution is 2.17. The first-order chi connectivity index (χ1) is 11.4. The third-order valence-corrected chi connectivity index (χ3v) is 4.30. The fourth-order valence-electron chi connectivity index (χ4n) is 2.90. The minimum Gasteiger partial charge on any atom is -0.356 e. The molecule has 7 heteroatoms. The van der Waals surface area contributed by atoms with E-state index < -0.39 is 0 Å². The van der Waals surface area contributed by atoms with Crippen LogP contribution in [0.15, 0.2) is 4.99 Å². The molecule has 0 radical (unpaired) electrons. The summed E-state index contributed by atoms with van der Waals surface area (Å²) in [7, 11) is 3.52. The fraction of sp³-hybridized carbons (Fsp3) is 0.889. The molecule has 0 aliphatic carbocycles. The van der Waals surface area contributed by atoms with Crippen LogP contribution in [0.25, 0.3) is 0 Å². The van der Waals surface area contributed by atoms with Crippen molar-refractivity contribution in [2.75, 3.05) is 46.8 Å². The minimum absolute atomic E-state index is 0. The number of nitrogens with one attached hydrogen (secondary N) is 2. The second-order valence-corrected chi connectivity index (χ2v) is 7.30. The minimum atomic E-state index is 0. The molecule has 1 atom stereocenters. The van der Waals surface area contributed by atoms with Crippen molar-refractivity contribution in [2.45, 2.75) is 52.5 Å².